The van der Waals surface area contributed by atoms with Gasteiger partial charge in [-0.25, -0.2) is 4.79 Å². The van der Waals surface area contributed by atoms with Crippen molar-refractivity contribution in [3.63, 3.8) is 0 Å². The van der Waals surface area contributed by atoms with Gasteiger partial charge in [-0.3, -0.25) is 0 Å². The van der Waals surface area contributed by atoms with Crippen molar-refractivity contribution < 1.29 is 14.6 Å². The van der Waals surface area contributed by atoms with Gasteiger partial charge in [-0.2, -0.15) is 16.0 Å². The van der Waals surface area contributed by atoms with Crippen molar-refractivity contribution in [3.05, 3.63) is 0 Å². The Balaban J connectivity index is 1.84. The molecule has 0 saturated carbocycles. The second-order valence-corrected chi connectivity index (χ2v) is 5.76. The van der Waals surface area contributed by atoms with Crippen molar-refractivity contribution >= 4 is 27.6 Å². The molecule has 2 heterocycles. The van der Waals surface area contributed by atoms with Gasteiger partial charge in [-0.05, 0) is 19.1 Å². The molecule has 16 heavy (non-hydrogen) atoms. The highest BCUT2D eigenvalue weighted by atomic mass is 32.2. The molecular formula is C9H15N3O3S. The summed E-state index contributed by atoms with van der Waals surface area (Å²) in [7, 11) is -0.386. The van der Waals surface area contributed by atoms with Crippen LogP contribution in [-0.4, -0.2) is 46.8 Å². The van der Waals surface area contributed by atoms with Crippen LogP contribution in [-0.2, 0) is 4.74 Å². The molecule has 1 amide bonds. The number of thiol groups is 1. The summed E-state index contributed by atoms with van der Waals surface area (Å²) in [6.07, 6.45) is 2.71. The van der Waals surface area contributed by atoms with E-state index >= 15 is 0 Å². The van der Waals surface area contributed by atoms with E-state index in [2.05, 4.69) is 21.8 Å². The molecular weight excluding hydrogens is 230 g/mol. The molecule has 0 bridgehead atoms. The molecule has 7 heteroatoms. The van der Waals surface area contributed by atoms with Gasteiger partial charge in [0.1, 0.15) is 11.1 Å². The highest BCUT2D eigenvalue weighted by Crippen LogP contribution is 2.30. The first-order valence-corrected chi connectivity index (χ1v) is 6.97. The fourth-order valence-corrected chi connectivity index (χ4v) is 3.00. The maximum absolute atomic E-state index is 10.5. The van der Waals surface area contributed by atoms with Crippen molar-refractivity contribution in [2.24, 2.45) is 10.2 Å². The number of hydrogen-bond donors (Lipinski definition) is 3. The lowest BCUT2D eigenvalue weighted by molar-refractivity contribution is 0.0379. The number of amides is 1. The summed E-state index contributed by atoms with van der Waals surface area (Å²) in [6, 6.07) is -0.0974. The molecule has 2 rings (SSSR count). The zero-order valence-corrected chi connectivity index (χ0v) is 9.85. The van der Waals surface area contributed by atoms with Crippen LogP contribution in [0.15, 0.2) is 10.2 Å². The largest absolute Gasteiger partial charge is 0.465 e. The van der Waals surface area contributed by atoms with Crippen molar-refractivity contribution in [2.45, 2.75) is 25.0 Å². The molecule has 0 aromatic heterocycles. The lowest BCUT2D eigenvalue weighted by Crippen LogP contribution is -2.43. The van der Waals surface area contributed by atoms with Crippen molar-refractivity contribution in [3.8, 4) is 0 Å². The Morgan fingerprint density at radius 2 is 2.50 bits per heavy atom. The molecule has 0 spiro atoms. The molecule has 0 aromatic rings. The molecule has 3 atom stereocenters. The van der Waals surface area contributed by atoms with Crippen molar-refractivity contribution in [2.75, 3.05) is 12.9 Å². The van der Waals surface area contributed by atoms with Crippen LogP contribution < -0.4 is 5.32 Å². The van der Waals surface area contributed by atoms with Gasteiger partial charge in [0.2, 0.25) is 0 Å². The number of carbonyl (C=O) groups is 1. The summed E-state index contributed by atoms with van der Waals surface area (Å²) in [4.78, 5) is 10.5. The molecule has 0 radical (unpaired) electrons. The van der Waals surface area contributed by atoms with E-state index in [1.165, 1.54) is 0 Å². The number of rotatable bonds is 2. The van der Waals surface area contributed by atoms with Crippen LogP contribution in [0.25, 0.3) is 0 Å². The predicted molar refractivity (Wildman–Crippen MR) is 64.8 cm³/mol. The predicted octanol–water partition coefficient (Wildman–Crippen LogP) is 0.788. The van der Waals surface area contributed by atoms with E-state index in [1.807, 2.05) is 5.55 Å². The van der Waals surface area contributed by atoms with E-state index in [-0.39, 0.29) is 23.0 Å². The maximum atomic E-state index is 10.5. The Morgan fingerprint density at radius 3 is 3.00 bits per heavy atom. The van der Waals surface area contributed by atoms with Gasteiger partial charge < -0.3 is 15.2 Å². The van der Waals surface area contributed by atoms with Gasteiger partial charge in [0.25, 0.3) is 0 Å². The SMILES string of the molecule is C[SH]1C=NN=C1[C@@H]1CC[C@@H](NC(=O)O)CO1. The minimum absolute atomic E-state index is 0.0189. The summed E-state index contributed by atoms with van der Waals surface area (Å²) in [5, 5.41) is 20.0. The smallest absolute Gasteiger partial charge is 0.404 e. The van der Waals surface area contributed by atoms with Crippen molar-refractivity contribution in [1.29, 1.82) is 0 Å². The molecule has 1 unspecified atom stereocenters. The number of hydrogen-bond acceptors (Lipinski definition) is 4. The number of nitrogens with zero attached hydrogens (tertiary/aromatic N) is 2. The zero-order valence-electron chi connectivity index (χ0n) is 8.96. The first kappa shape index (κ1) is 11.4. The summed E-state index contributed by atoms with van der Waals surface area (Å²) in [5.41, 5.74) is 1.86. The summed E-state index contributed by atoms with van der Waals surface area (Å²) in [6.45, 7) is 0.416. The summed E-state index contributed by atoms with van der Waals surface area (Å²) >= 11 is 0. The van der Waals surface area contributed by atoms with Gasteiger partial charge in [0, 0.05) is 0 Å². The minimum Gasteiger partial charge on any atom is -0.465 e. The van der Waals surface area contributed by atoms with Gasteiger partial charge in [-0.15, -0.1) is 5.10 Å². The summed E-state index contributed by atoms with van der Waals surface area (Å²) in [5.74, 6) is 0. The van der Waals surface area contributed by atoms with Gasteiger partial charge in [0.15, 0.2) is 0 Å². The number of ether oxygens (including phenoxy) is 1. The monoisotopic (exact) mass is 245 g/mol. The van der Waals surface area contributed by atoms with Crippen LogP contribution in [0.3, 0.4) is 0 Å². The van der Waals surface area contributed by atoms with Crippen LogP contribution in [0.2, 0.25) is 0 Å². The molecule has 2 N–H and O–H groups in total. The van der Waals surface area contributed by atoms with Crippen molar-refractivity contribution in [1.82, 2.24) is 5.32 Å². The average molecular weight is 245 g/mol. The zero-order chi connectivity index (χ0) is 11.5. The third kappa shape index (κ3) is 2.53. The van der Waals surface area contributed by atoms with Crippen LogP contribution in [0.5, 0.6) is 0 Å². The Bertz CT molecular complexity index is 337. The maximum Gasteiger partial charge on any atom is 0.404 e. The van der Waals surface area contributed by atoms with E-state index in [1.54, 1.807) is 0 Å². The fraction of sp³-hybridized carbons (Fsp3) is 0.667. The lowest BCUT2D eigenvalue weighted by atomic mass is 10.1. The van der Waals surface area contributed by atoms with Crippen LogP contribution in [0.1, 0.15) is 12.8 Å². The standard InChI is InChI=1S/C9H15N3O3S/c1-16-5-10-12-8(16)7-3-2-6(4-15-7)11-9(13)14/h5-7,11,16H,2-4H2,1H3,(H,13,14)/t6-,7+/m1/s1. The van der Waals surface area contributed by atoms with Crippen LogP contribution in [0.4, 0.5) is 4.79 Å². The molecule has 0 aliphatic carbocycles. The number of carboxylic acid groups (broad SMARTS) is 1. The van der Waals surface area contributed by atoms with Gasteiger partial charge >= 0.3 is 6.09 Å². The quantitative estimate of drug-likeness (QED) is 0.629. The molecule has 1 fully saturated rings. The van der Waals surface area contributed by atoms with Crippen LogP contribution >= 0.6 is 10.9 Å². The molecule has 1 saturated heterocycles. The Morgan fingerprint density at radius 1 is 1.69 bits per heavy atom. The van der Waals surface area contributed by atoms with Gasteiger partial charge in [0.05, 0.1) is 18.2 Å². The molecule has 90 valence electrons. The first-order valence-electron chi connectivity index (χ1n) is 5.12. The molecule has 2 aliphatic rings. The van der Waals surface area contributed by atoms with Crippen LogP contribution in [0, 0.1) is 0 Å². The fourth-order valence-electron chi connectivity index (χ4n) is 1.83. The van der Waals surface area contributed by atoms with E-state index in [9.17, 15) is 4.79 Å². The Kier molecular flexibility index (Phi) is 3.45. The second-order valence-electron chi connectivity index (χ2n) is 3.85. The Labute approximate surface area is 96.1 Å². The second kappa shape index (κ2) is 4.84. The minimum atomic E-state index is -0.994. The highest BCUT2D eigenvalue weighted by Gasteiger charge is 2.29. The average Bonchev–Trinajstić information content (AvgIpc) is 2.65. The van der Waals surface area contributed by atoms with E-state index in [0.29, 0.717) is 6.61 Å². The molecule has 2 aliphatic heterocycles. The van der Waals surface area contributed by atoms with Gasteiger partial charge in [-0.1, -0.05) is 0 Å². The normalized spacial score (nSPS) is 35.8. The highest BCUT2D eigenvalue weighted by molar-refractivity contribution is 8.40. The summed E-state index contributed by atoms with van der Waals surface area (Å²) < 4.78 is 5.63. The third-order valence-electron chi connectivity index (χ3n) is 2.64. The number of nitrogens with one attached hydrogen (secondary N) is 1. The first-order chi connectivity index (χ1) is 7.66. The third-order valence-corrected chi connectivity index (χ3v) is 4.19. The lowest BCUT2D eigenvalue weighted by Gasteiger charge is -2.30. The Hall–Kier alpha value is -1.08. The molecule has 6 nitrogen and oxygen atoms in total. The topological polar surface area (TPSA) is 83.3 Å². The van der Waals surface area contributed by atoms with E-state index < -0.39 is 6.09 Å². The van der Waals surface area contributed by atoms with E-state index in [4.69, 9.17) is 9.84 Å². The van der Waals surface area contributed by atoms with E-state index in [0.717, 1.165) is 17.9 Å². The molecule has 0 aromatic carbocycles.